The fourth-order valence-corrected chi connectivity index (χ4v) is 2.89. The van der Waals surface area contributed by atoms with Crippen LogP contribution in [-0.2, 0) is 22.6 Å². The van der Waals surface area contributed by atoms with E-state index in [9.17, 15) is 14.0 Å². The molecule has 29 heavy (non-hydrogen) atoms. The Morgan fingerprint density at radius 3 is 2.28 bits per heavy atom. The highest BCUT2D eigenvalue weighted by Gasteiger charge is 2.29. The van der Waals surface area contributed by atoms with Crippen LogP contribution < -0.4 is 10.1 Å². The molecule has 0 saturated heterocycles. The third-order valence-corrected chi connectivity index (χ3v) is 4.48. The van der Waals surface area contributed by atoms with Gasteiger partial charge in [-0.1, -0.05) is 30.3 Å². The van der Waals surface area contributed by atoms with Crippen LogP contribution in [0.3, 0.4) is 0 Å². The van der Waals surface area contributed by atoms with Crippen LogP contribution in [0.4, 0.5) is 4.39 Å². The second kappa shape index (κ2) is 9.54. The van der Waals surface area contributed by atoms with E-state index in [4.69, 9.17) is 4.74 Å². The standard InChI is InChI=1S/C23H29FN2O3/c1-16(22(28)25-23(2,3)4)26(15-18-8-6-7-9-20(18)24)21(27)14-17-10-12-19(29-5)13-11-17/h6-13,16H,14-15H2,1-5H3,(H,25,28)/t16-/m1/s1. The van der Waals surface area contributed by atoms with Gasteiger partial charge < -0.3 is 15.0 Å². The van der Waals surface area contributed by atoms with Crippen LogP contribution in [-0.4, -0.2) is 35.4 Å². The molecular formula is C23H29FN2O3. The fraction of sp³-hybridized carbons (Fsp3) is 0.391. The number of amides is 2. The smallest absolute Gasteiger partial charge is 0.242 e. The van der Waals surface area contributed by atoms with E-state index in [1.165, 1.54) is 11.0 Å². The van der Waals surface area contributed by atoms with Crippen molar-refractivity contribution in [1.29, 1.82) is 0 Å². The van der Waals surface area contributed by atoms with Crippen LogP contribution in [0.15, 0.2) is 48.5 Å². The van der Waals surface area contributed by atoms with Gasteiger partial charge in [0.25, 0.3) is 0 Å². The number of halogens is 1. The van der Waals surface area contributed by atoms with Gasteiger partial charge in [0.1, 0.15) is 17.6 Å². The van der Waals surface area contributed by atoms with Crippen LogP contribution in [0.1, 0.15) is 38.8 Å². The summed E-state index contributed by atoms with van der Waals surface area (Å²) in [5, 5.41) is 2.89. The van der Waals surface area contributed by atoms with Crippen molar-refractivity contribution in [2.24, 2.45) is 0 Å². The van der Waals surface area contributed by atoms with Gasteiger partial charge in [-0.15, -0.1) is 0 Å². The molecule has 2 rings (SSSR count). The van der Waals surface area contributed by atoms with Gasteiger partial charge in [0, 0.05) is 17.6 Å². The zero-order valence-electron chi connectivity index (χ0n) is 17.7. The molecule has 0 bridgehead atoms. The first-order valence-corrected chi connectivity index (χ1v) is 9.58. The molecule has 2 amide bonds. The van der Waals surface area contributed by atoms with Crippen molar-refractivity contribution in [2.45, 2.75) is 52.2 Å². The minimum absolute atomic E-state index is 0.0143. The van der Waals surface area contributed by atoms with Gasteiger partial charge in [0.05, 0.1) is 13.5 Å². The lowest BCUT2D eigenvalue weighted by molar-refractivity contribution is -0.140. The molecule has 0 aliphatic carbocycles. The molecule has 0 heterocycles. The van der Waals surface area contributed by atoms with E-state index >= 15 is 0 Å². The highest BCUT2D eigenvalue weighted by atomic mass is 19.1. The van der Waals surface area contributed by atoms with Crippen LogP contribution >= 0.6 is 0 Å². The van der Waals surface area contributed by atoms with E-state index in [-0.39, 0.29) is 24.8 Å². The van der Waals surface area contributed by atoms with Gasteiger partial charge in [0.15, 0.2) is 0 Å². The highest BCUT2D eigenvalue weighted by molar-refractivity contribution is 5.88. The quantitative estimate of drug-likeness (QED) is 0.771. The Hall–Kier alpha value is -2.89. The summed E-state index contributed by atoms with van der Waals surface area (Å²) >= 11 is 0. The number of carbonyl (C=O) groups excluding carboxylic acids is 2. The van der Waals surface area contributed by atoms with Crippen LogP contribution in [0, 0.1) is 5.82 Å². The molecule has 0 spiro atoms. The maximum absolute atomic E-state index is 14.2. The van der Waals surface area contributed by atoms with Crippen molar-refractivity contribution in [1.82, 2.24) is 10.2 Å². The molecule has 5 nitrogen and oxygen atoms in total. The van der Waals surface area contributed by atoms with Crippen molar-refractivity contribution in [3.8, 4) is 5.75 Å². The number of methoxy groups -OCH3 is 1. The second-order valence-electron chi connectivity index (χ2n) is 8.05. The van der Waals surface area contributed by atoms with E-state index < -0.39 is 17.4 Å². The van der Waals surface area contributed by atoms with Crippen molar-refractivity contribution in [3.05, 3.63) is 65.5 Å². The molecule has 6 heteroatoms. The Labute approximate surface area is 171 Å². The summed E-state index contributed by atoms with van der Waals surface area (Å²) in [6, 6.07) is 12.7. The zero-order chi connectivity index (χ0) is 21.6. The highest BCUT2D eigenvalue weighted by Crippen LogP contribution is 2.17. The summed E-state index contributed by atoms with van der Waals surface area (Å²) in [7, 11) is 1.58. The molecule has 0 saturated carbocycles. The average Bonchev–Trinajstić information content (AvgIpc) is 2.66. The molecule has 2 aromatic rings. The number of nitrogens with one attached hydrogen (secondary N) is 1. The maximum Gasteiger partial charge on any atom is 0.242 e. The topological polar surface area (TPSA) is 58.6 Å². The van der Waals surface area contributed by atoms with Crippen LogP contribution in [0.25, 0.3) is 0 Å². The van der Waals surface area contributed by atoms with Crippen LogP contribution in [0.5, 0.6) is 5.75 Å². The van der Waals surface area contributed by atoms with Gasteiger partial charge in [-0.2, -0.15) is 0 Å². The molecule has 1 N–H and O–H groups in total. The van der Waals surface area contributed by atoms with Gasteiger partial charge in [-0.05, 0) is 51.5 Å². The first kappa shape index (κ1) is 22.4. The molecule has 0 fully saturated rings. The minimum atomic E-state index is -0.750. The normalized spacial score (nSPS) is 12.2. The Bertz CT molecular complexity index is 844. The number of carbonyl (C=O) groups is 2. The first-order valence-electron chi connectivity index (χ1n) is 9.58. The molecule has 156 valence electrons. The molecule has 1 atom stereocenters. The summed E-state index contributed by atoms with van der Waals surface area (Å²) in [6.07, 6.45) is 0.103. The molecule has 2 aromatic carbocycles. The second-order valence-corrected chi connectivity index (χ2v) is 8.05. The summed E-state index contributed by atoms with van der Waals surface area (Å²) in [5.41, 5.74) is 0.720. The van der Waals surface area contributed by atoms with Gasteiger partial charge in [0.2, 0.25) is 11.8 Å². The number of hydrogen-bond donors (Lipinski definition) is 1. The number of ether oxygens (including phenoxy) is 1. The number of rotatable bonds is 7. The largest absolute Gasteiger partial charge is 0.497 e. The van der Waals surface area contributed by atoms with E-state index in [0.717, 1.165) is 5.56 Å². The third-order valence-electron chi connectivity index (χ3n) is 4.48. The Morgan fingerprint density at radius 2 is 1.72 bits per heavy atom. The van der Waals surface area contributed by atoms with Gasteiger partial charge >= 0.3 is 0 Å². The molecule has 0 aromatic heterocycles. The molecule has 0 unspecified atom stereocenters. The monoisotopic (exact) mass is 400 g/mol. The fourth-order valence-electron chi connectivity index (χ4n) is 2.89. The average molecular weight is 400 g/mol. The zero-order valence-corrected chi connectivity index (χ0v) is 17.7. The predicted octanol–water partition coefficient (Wildman–Crippen LogP) is 3.71. The molecular weight excluding hydrogens is 371 g/mol. The summed E-state index contributed by atoms with van der Waals surface area (Å²) in [5.74, 6) is -0.243. The Balaban J connectivity index is 2.25. The number of hydrogen-bond acceptors (Lipinski definition) is 3. The number of nitrogens with zero attached hydrogens (tertiary/aromatic N) is 1. The van der Waals surface area contributed by atoms with Crippen molar-refractivity contribution >= 4 is 11.8 Å². The first-order chi connectivity index (χ1) is 13.6. The maximum atomic E-state index is 14.2. The minimum Gasteiger partial charge on any atom is -0.497 e. The lowest BCUT2D eigenvalue weighted by atomic mass is 10.1. The SMILES string of the molecule is COc1ccc(CC(=O)N(Cc2ccccc2F)[C@H](C)C(=O)NC(C)(C)C)cc1. The molecule has 0 aliphatic rings. The summed E-state index contributed by atoms with van der Waals surface area (Å²) < 4.78 is 19.3. The van der Waals surface area contributed by atoms with Gasteiger partial charge in [-0.3, -0.25) is 9.59 Å². The molecule has 0 aliphatic heterocycles. The molecule has 0 radical (unpaired) electrons. The number of benzene rings is 2. The lowest BCUT2D eigenvalue weighted by Crippen LogP contribution is -2.52. The van der Waals surface area contributed by atoms with Crippen LogP contribution in [0.2, 0.25) is 0 Å². The van der Waals surface area contributed by atoms with E-state index in [2.05, 4.69) is 5.32 Å². The van der Waals surface area contributed by atoms with Crippen molar-refractivity contribution in [3.63, 3.8) is 0 Å². The summed E-state index contributed by atoms with van der Waals surface area (Å²) in [6.45, 7) is 7.29. The van der Waals surface area contributed by atoms with Crippen molar-refractivity contribution < 1.29 is 18.7 Å². The van der Waals surface area contributed by atoms with Crippen molar-refractivity contribution in [2.75, 3.05) is 7.11 Å². The van der Waals surface area contributed by atoms with E-state index in [1.807, 2.05) is 20.8 Å². The van der Waals surface area contributed by atoms with E-state index in [0.29, 0.717) is 11.3 Å². The Kier molecular flexibility index (Phi) is 7.37. The summed E-state index contributed by atoms with van der Waals surface area (Å²) in [4.78, 5) is 27.2. The third kappa shape index (κ3) is 6.59. The lowest BCUT2D eigenvalue weighted by Gasteiger charge is -2.31. The Morgan fingerprint density at radius 1 is 1.10 bits per heavy atom. The van der Waals surface area contributed by atoms with Gasteiger partial charge in [-0.25, -0.2) is 4.39 Å². The predicted molar refractivity (Wildman–Crippen MR) is 111 cm³/mol. The van der Waals surface area contributed by atoms with E-state index in [1.54, 1.807) is 56.5 Å².